The molecule has 1 amide bonds. The zero-order chi connectivity index (χ0) is 16.3. The van der Waals surface area contributed by atoms with Gasteiger partial charge in [-0.1, -0.05) is 0 Å². The average Bonchev–Trinajstić information content (AvgIpc) is 2.48. The van der Waals surface area contributed by atoms with Crippen LogP contribution in [0.2, 0.25) is 0 Å². The SMILES string of the molecule is CN(C(=O)Cl)c1cc(F)c(C#[N+]c2ccc(F)cc2)cc1F. The van der Waals surface area contributed by atoms with E-state index in [4.69, 9.17) is 11.6 Å². The van der Waals surface area contributed by atoms with E-state index >= 15 is 0 Å². The van der Waals surface area contributed by atoms with Crippen LogP contribution in [0.1, 0.15) is 5.56 Å². The first kappa shape index (κ1) is 15.9. The van der Waals surface area contributed by atoms with Gasteiger partial charge in [-0.25, -0.2) is 13.2 Å². The summed E-state index contributed by atoms with van der Waals surface area (Å²) in [6, 6.07) is 9.09. The largest absolute Gasteiger partial charge is 0.340 e. The Morgan fingerprint density at radius 3 is 2.36 bits per heavy atom. The number of halogens is 4. The minimum absolute atomic E-state index is 0.235. The lowest BCUT2D eigenvalue weighted by molar-refractivity contribution is 0.265. The van der Waals surface area contributed by atoms with Crippen molar-refractivity contribution in [3.63, 3.8) is 0 Å². The molecule has 0 atom stereocenters. The number of carbonyl (C=O) groups excluding carboxylic acids is 1. The molecule has 0 bridgehead atoms. The van der Waals surface area contributed by atoms with Gasteiger partial charge in [-0.05, 0) is 28.6 Å². The van der Waals surface area contributed by atoms with E-state index in [1.54, 1.807) is 0 Å². The standard InChI is InChI=1S/C15H9ClF3N2O/c1-21(15(16)22)14-7-12(18)9(6-13(14)19)8-20-11-4-2-10(17)3-5-11/h2-7H,1H3/q+1. The van der Waals surface area contributed by atoms with Crippen LogP contribution < -0.4 is 4.90 Å². The zero-order valence-electron chi connectivity index (χ0n) is 11.3. The van der Waals surface area contributed by atoms with Gasteiger partial charge < -0.3 is 0 Å². The van der Waals surface area contributed by atoms with Crippen molar-refractivity contribution < 1.29 is 18.0 Å². The van der Waals surface area contributed by atoms with Crippen LogP contribution in [-0.2, 0) is 0 Å². The van der Waals surface area contributed by atoms with Crippen LogP contribution in [0, 0.1) is 23.5 Å². The fourth-order valence-electron chi connectivity index (χ4n) is 1.61. The summed E-state index contributed by atoms with van der Waals surface area (Å²) >= 11 is 5.21. The second-order valence-electron chi connectivity index (χ2n) is 4.30. The molecule has 0 aliphatic heterocycles. The molecule has 0 fully saturated rings. The van der Waals surface area contributed by atoms with Crippen molar-refractivity contribution >= 4 is 28.3 Å². The Labute approximate surface area is 129 Å². The quantitative estimate of drug-likeness (QED) is 0.540. The highest BCUT2D eigenvalue weighted by Gasteiger charge is 2.18. The van der Waals surface area contributed by atoms with Crippen molar-refractivity contribution in [3.05, 3.63) is 64.3 Å². The molecular weight excluding hydrogens is 317 g/mol. The molecule has 0 saturated heterocycles. The van der Waals surface area contributed by atoms with Crippen molar-refractivity contribution in [1.29, 1.82) is 0 Å². The van der Waals surface area contributed by atoms with Gasteiger partial charge in [0.2, 0.25) is 0 Å². The van der Waals surface area contributed by atoms with Gasteiger partial charge in [-0.15, -0.1) is 0 Å². The van der Waals surface area contributed by atoms with E-state index in [0.717, 1.165) is 17.0 Å². The van der Waals surface area contributed by atoms with Crippen LogP contribution in [-0.4, -0.2) is 12.4 Å². The van der Waals surface area contributed by atoms with Crippen molar-refractivity contribution in [3.8, 4) is 6.07 Å². The Kier molecular flexibility index (Phi) is 4.68. The lowest BCUT2D eigenvalue weighted by Crippen LogP contribution is -2.21. The van der Waals surface area contributed by atoms with Crippen LogP contribution >= 0.6 is 11.6 Å². The molecule has 2 rings (SSSR count). The summed E-state index contributed by atoms with van der Waals surface area (Å²) in [5.41, 5.74) is -0.204. The zero-order valence-corrected chi connectivity index (χ0v) is 12.0. The van der Waals surface area contributed by atoms with Crippen molar-refractivity contribution in [2.75, 3.05) is 11.9 Å². The Morgan fingerprint density at radius 2 is 1.77 bits per heavy atom. The van der Waals surface area contributed by atoms with Crippen molar-refractivity contribution in [1.82, 2.24) is 0 Å². The molecule has 0 N–H and O–H groups in total. The Balaban J connectivity index is 2.36. The Hall–Kier alpha value is -2.52. The van der Waals surface area contributed by atoms with Crippen LogP contribution in [0.4, 0.5) is 29.3 Å². The summed E-state index contributed by atoms with van der Waals surface area (Å²) in [5.74, 6) is -2.11. The molecule has 0 saturated carbocycles. The van der Waals surface area contributed by atoms with Gasteiger partial charge in [0.15, 0.2) is 0 Å². The molecule has 0 aliphatic carbocycles. The third kappa shape index (κ3) is 3.57. The number of nitrogens with zero attached hydrogens (tertiary/aromatic N) is 2. The van der Waals surface area contributed by atoms with E-state index in [-0.39, 0.29) is 11.3 Å². The third-order valence-electron chi connectivity index (χ3n) is 2.79. The minimum Gasteiger partial charge on any atom is -0.299 e. The van der Waals surface area contributed by atoms with E-state index in [2.05, 4.69) is 10.9 Å². The summed E-state index contributed by atoms with van der Waals surface area (Å²) in [7, 11) is 1.21. The Morgan fingerprint density at radius 1 is 1.14 bits per heavy atom. The number of rotatable bonds is 1. The van der Waals surface area contributed by atoms with Crippen LogP contribution in [0.5, 0.6) is 0 Å². The first-order chi connectivity index (χ1) is 10.4. The predicted octanol–water partition coefficient (Wildman–Crippen LogP) is 4.91. The predicted molar refractivity (Wildman–Crippen MR) is 78.4 cm³/mol. The molecule has 0 spiro atoms. The molecule has 22 heavy (non-hydrogen) atoms. The van der Waals surface area contributed by atoms with E-state index in [1.165, 1.54) is 31.3 Å². The van der Waals surface area contributed by atoms with Gasteiger partial charge in [-0.2, -0.15) is 0 Å². The number of hydrogen-bond acceptors (Lipinski definition) is 1. The number of amides is 1. The monoisotopic (exact) mass is 325 g/mol. The smallest absolute Gasteiger partial charge is 0.299 e. The molecule has 0 aliphatic rings. The number of benzene rings is 2. The van der Waals surface area contributed by atoms with Crippen LogP contribution in [0.25, 0.3) is 4.85 Å². The maximum Gasteiger partial charge on any atom is 0.340 e. The van der Waals surface area contributed by atoms with Gasteiger partial charge >= 0.3 is 17.1 Å². The molecule has 0 aromatic heterocycles. The van der Waals surface area contributed by atoms with E-state index < -0.39 is 22.8 Å². The average molecular weight is 326 g/mol. The topological polar surface area (TPSA) is 24.7 Å². The number of hydrogen-bond donors (Lipinski definition) is 0. The molecule has 2 aromatic carbocycles. The second-order valence-corrected chi connectivity index (χ2v) is 4.62. The maximum atomic E-state index is 13.9. The first-order valence-electron chi connectivity index (χ1n) is 6.03. The van der Waals surface area contributed by atoms with Gasteiger partial charge in [0.25, 0.3) is 0 Å². The molecule has 3 nitrogen and oxygen atoms in total. The van der Waals surface area contributed by atoms with Crippen LogP contribution in [0.3, 0.4) is 0 Å². The highest BCUT2D eigenvalue weighted by atomic mass is 35.5. The van der Waals surface area contributed by atoms with Crippen molar-refractivity contribution in [2.24, 2.45) is 0 Å². The molecule has 0 radical (unpaired) electrons. The highest BCUT2D eigenvalue weighted by molar-refractivity contribution is 6.66. The molecular formula is C15H9ClF3N2O+. The minimum atomic E-state index is -0.949. The lowest BCUT2D eigenvalue weighted by atomic mass is 10.2. The molecule has 0 heterocycles. The van der Waals surface area contributed by atoms with E-state index in [1.807, 2.05) is 0 Å². The normalized spacial score (nSPS) is 9.86. The molecule has 0 unspecified atom stereocenters. The molecule has 112 valence electrons. The lowest BCUT2D eigenvalue weighted by Gasteiger charge is -2.14. The van der Waals surface area contributed by atoms with E-state index in [9.17, 15) is 18.0 Å². The third-order valence-corrected chi connectivity index (χ3v) is 3.05. The number of anilines is 1. The first-order valence-corrected chi connectivity index (χ1v) is 6.41. The maximum absolute atomic E-state index is 13.9. The van der Waals surface area contributed by atoms with Gasteiger partial charge in [0.05, 0.1) is 5.69 Å². The van der Waals surface area contributed by atoms with Gasteiger partial charge in [-0.3, -0.25) is 9.69 Å². The molecule has 7 heteroatoms. The van der Waals surface area contributed by atoms with Gasteiger partial charge in [0.1, 0.15) is 23.0 Å². The summed E-state index contributed by atoms with van der Waals surface area (Å²) in [4.78, 5) is 15.5. The van der Waals surface area contributed by atoms with Crippen molar-refractivity contribution in [2.45, 2.75) is 0 Å². The van der Waals surface area contributed by atoms with Gasteiger partial charge in [0, 0.05) is 31.3 Å². The molecule has 2 aromatic rings. The van der Waals surface area contributed by atoms with Crippen LogP contribution in [0.15, 0.2) is 36.4 Å². The Bertz CT molecular complexity index is 782. The highest BCUT2D eigenvalue weighted by Crippen LogP contribution is 2.23. The second kappa shape index (κ2) is 6.50. The van der Waals surface area contributed by atoms with E-state index in [0.29, 0.717) is 5.69 Å². The number of carbonyl (C=O) groups is 1. The fourth-order valence-corrected chi connectivity index (χ4v) is 1.71. The summed E-state index contributed by atoms with van der Waals surface area (Å²) < 4.78 is 40.5. The fraction of sp³-hybridized carbons (Fsp3) is 0.0667. The summed E-state index contributed by atoms with van der Waals surface area (Å²) in [6.45, 7) is 0. The summed E-state index contributed by atoms with van der Waals surface area (Å²) in [5, 5.41) is -0.949. The summed E-state index contributed by atoms with van der Waals surface area (Å²) in [6.07, 6.45) is 0.